The smallest absolute Gasteiger partial charge is 0.493 e. The van der Waals surface area contributed by atoms with Crippen LogP contribution in [0.2, 0.25) is 0 Å². The van der Waals surface area contributed by atoms with E-state index in [9.17, 15) is 9.46 Å². The molecular formula is C22H26CaClNO5P+3. The molecule has 0 saturated heterocycles. The van der Waals surface area contributed by atoms with Gasteiger partial charge in [0.25, 0.3) is 0 Å². The first-order chi connectivity index (χ1) is 14.3. The Balaban J connectivity index is 0.00000341. The molecule has 0 aromatic heterocycles. The Bertz CT molecular complexity index is 1020. The molecule has 1 unspecified atom stereocenters. The van der Waals surface area contributed by atoms with Crippen molar-refractivity contribution in [1.82, 2.24) is 0 Å². The fourth-order valence-corrected chi connectivity index (χ4v) is 4.13. The maximum Gasteiger partial charge on any atom is 2.00 e. The van der Waals surface area contributed by atoms with Crippen LogP contribution in [0.4, 0.5) is 0 Å². The second-order valence-corrected chi connectivity index (χ2v) is 9.36. The average molecular weight is 491 g/mol. The van der Waals surface area contributed by atoms with Crippen molar-refractivity contribution in [3.05, 3.63) is 78.4 Å². The minimum absolute atomic E-state index is 0. The topological polar surface area (TPSA) is 65.0 Å². The molecule has 3 aromatic rings. The summed E-state index contributed by atoms with van der Waals surface area (Å²) in [6.45, 7) is 0.409. The van der Waals surface area contributed by atoms with E-state index >= 15 is 0 Å². The fraction of sp³-hybridized carbons (Fsp3) is 0.273. The zero-order chi connectivity index (χ0) is 21.6. The maximum atomic E-state index is 11.7. The first-order valence-corrected chi connectivity index (χ1v) is 11.4. The standard InChI is InChI=1S/C22H25ClNO5P.Ca/c1-24(2,17-28-30(25,26)29-23)21(19-10-4-3-5-11-19)15-16-27-22-14-8-12-18-9-6-7-13-20(18)22;/h3-14,21H,15-17H2,1-2H3;/q;+2/p+1/t21-;/m0./s1. The summed E-state index contributed by atoms with van der Waals surface area (Å²) in [6.07, 6.45) is 0.668. The number of halogens is 1. The molecule has 0 fully saturated rings. The molecule has 1 N–H and O–H groups in total. The zero-order valence-corrected chi connectivity index (χ0v) is 21.5. The molecule has 160 valence electrons. The maximum absolute atomic E-state index is 11.7. The number of rotatable bonds is 10. The van der Waals surface area contributed by atoms with Crippen molar-refractivity contribution in [3.8, 4) is 5.75 Å². The third kappa shape index (κ3) is 7.43. The van der Waals surface area contributed by atoms with Gasteiger partial charge in [-0.05, 0) is 11.5 Å². The van der Waals surface area contributed by atoms with Crippen molar-refractivity contribution in [1.29, 1.82) is 0 Å². The summed E-state index contributed by atoms with van der Waals surface area (Å²) in [5.74, 6) is 0.830. The molecule has 3 aromatic carbocycles. The Morgan fingerprint density at radius 2 is 1.65 bits per heavy atom. The molecule has 9 heteroatoms. The van der Waals surface area contributed by atoms with E-state index < -0.39 is 7.82 Å². The molecular weight excluding hydrogens is 465 g/mol. The molecule has 0 aliphatic rings. The summed E-state index contributed by atoms with van der Waals surface area (Å²) in [7, 11) is -0.443. The van der Waals surface area contributed by atoms with Crippen LogP contribution in [0, 0.1) is 0 Å². The Kier molecular flexibility index (Phi) is 10.3. The molecule has 0 bridgehead atoms. The van der Waals surface area contributed by atoms with Crippen LogP contribution in [0.5, 0.6) is 5.75 Å². The van der Waals surface area contributed by atoms with Crippen molar-refractivity contribution in [2.75, 3.05) is 27.4 Å². The molecule has 2 atom stereocenters. The van der Waals surface area contributed by atoms with Crippen molar-refractivity contribution in [2.45, 2.75) is 12.5 Å². The molecule has 0 amide bonds. The molecule has 6 nitrogen and oxygen atoms in total. The Morgan fingerprint density at radius 3 is 2.35 bits per heavy atom. The fourth-order valence-electron chi connectivity index (χ4n) is 3.53. The van der Waals surface area contributed by atoms with Crippen LogP contribution < -0.4 is 4.74 Å². The van der Waals surface area contributed by atoms with E-state index in [4.69, 9.17) is 21.1 Å². The number of hydrogen-bond acceptors (Lipinski definition) is 4. The van der Waals surface area contributed by atoms with E-state index in [1.165, 1.54) is 0 Å². The number of hydrogen-bond donors (Lipinski definition) is 1. The summed E-state index contributed by atoms with van der Waals surface area (Å²) in [4.78, 5) is 9.51. The predicted octanol–water partition coefficient (Wildman–Crippen LogP) is 5.29. The molecule has 0 heterocycles. The molecule has 31 heavy (non-hydrogen) atoms. The second kappa shape index (κ2) is 12.0. The normalized spacial score (nSPS) is 14.5. The van der Waals surface area contributed by atoms with Crippen LogP contribution in [-0.2, 0) is 13.2 Å². The van der Waals surface area contributed by atoms with E-state index in [1.807, 2.05) is 74.8 Å². The Hall–Kier alpha value is -0.660. The van der Waals surface area contributed by atoms with E-state index in [0.29, 0.717) is 13.0 Å². The van der Waals surface area contributed by atoms with Gasteiger partial charge >= 0.3 is 45.6 Å². The van der Waals surface area contributed by atoms with Crippen molar-refractivity contribution in [3.63, 3.8) is 0 Å². The quantitative estimate of drug-likeness (QED) is 0.181. The summed E-state index contributed by atoms with van der Waals surface area (Å²) in [5.41, 5.74) is 1.08. The minimum Gasteiger partial charge on any atom is -0.493 e. The van der Waals surface area contributed by atoms with Crippen LogP contribution in [-0.4, -0.2) is 74.5 Å². The van der Waals surface area contributed by atoms with E-state index in [2.05, 4.69) is 16.2 Å². The molecule has 0 radical (unpaired) electrons. The van der Waals surface area contributed by atoms with E-state index in [1.54, 1.807) is 0 Å². The van der Waals surface area contributed by atoms with E-state index in [0.717, 1.165) is 22.1 Å². The molecule has 0 aliphatic carbocycles. The van der Waals surface area contributed by atoms with E-state index in [-0.39, 0.29) is 55.0 Å². The van der Waals surface area contributed by atoms with Crippen LogP contribution >= 0.6 is 19.7 Å². The molecule has 0 aliphatic heterocycles. The predicted molar refractivity (Wildman–Crippen MR) is 124 cm³/mol. The van der Waals surface area contributed by atoms with Crippen molar-refractivity contribution in [2.24, 2.45) is 0 Å². The number of phosphoric acid groups is 1. The van der Waals surface area contributed by atoms with Gasteiger partial charge in [0.2, 0.25) is 0 Å². The van der Waals surface area contributed by atoms with Gasteiger partial charge in [0.1, 0.15) is 11.8 Å². The van der Waals surface area contributed by atoms with Crippen molar-refractivity contribution < 1.29 is 27.3 Å². The molecule has 0 saturated carbocycles. The van der Waals surface area contributed by atoms with Gasteiger partial charge in [0, 0.05) is 17.4 Å². The SMILES string of the molecule is C[N+](C)(COP(=O)(O)OCl)[C@@H](CCOc1cccc2ccccc12)c1ccccc1.[Ca+2]. The summed E-state index contributed by atoms with van der Waals surface area (Å²) < 4.78 is 27.2. The molecule has 3 rings (SSSR count). The van der Waals surface area contributed by atoms with Gasteiger partial charge in [-0.2, -0.15) is 4.08 Å². The van der Waals surface area contributed by atoms with Gasteiger partial charge in [0.15, 0.2) is 6.73 Å². The third-order valence-corrected chi connectivity index (χ3v) is 6.21. The number of quaternary nitrogens is 1. The van der Waals surface area contributed by atoms with Gasteiger partial charge in [-0.25, -0.2) is 9.09 Å². The first-order valence-electron chi connectivity index (χ1n) is 9.58. The monoisotopic (exact) mass is 490 g/mol. The summed E-state index contributed by atoms with van der Waals surface area (Å²) in [5, 5.41) is 2.19. The average Bonchev–Trinajstić information content (AvgIpc) is 2.76. The van der Waals surface area contributed by atoms with Crippen LogP contribution in [0.25, 0.3) is 10.8 Å². The number of nitrogens with zero attached hydrogens (tertiary/aromatic N) is 1. The Morgan fingerprint density at radius 1 is 1.00 bits per heavy atom. The second-order valence-electron chi connectivity index (χ2n) is 7.62. The van der Waals surface area contributed by atoms with Gasteiger partial charge in [-0.15, -0.1) is 0 Å². The van der Waals surface area contributed by atoms with Crippen molar-refractivity contribution >= 4 is 68.2 Å². The summed E-state index contributed by atoms with van der Waals surface area (Å²) in [6, 6.07) is 24.0. The number of phosphoric ester groups is 1. The molecule has 0 spiro atoms. The van der Waals surface area contributed by atoms with Crippen LogP contribution in [0.3, 0.4) is 0 Å². The minimum atomic E-state index is -4.28. The number of fused-ring (bicyclic) bond motifs is 1. The van der Waals surface area contributed by atoms with Gasteiger partial charge in [-0.3, -0.25) is 4.48 Å². The number of benzene rings is 3. The van der Waals surface area contributed by atoms with Gasteiger partial charge in [0.05, 0.1) is 32.6 Å². The van der Waals surface area contributed by atoms with Gasteiger partial charge < -0.3 is 9.63 Å². The largest absolute Gasteiger partial charge is 2.00 e. The van der Waals surface area contributed by atoms with Crippen LogP contribution in [0.15, 0.2) is 72.8 Å². The number of ether oxygens (including phenoxy) is 1. The third-order valence-electron chi connectivity index (χ3n) is 5.07. The first kappa shape index (κ1) is 26.6. The van der Waals surface area contributed by atoms with Crippen LogP contribution in [0.1, 0.15) is 18.0 Å². The Labute approximate surface area is 218 Å². The van der Waals surface area contributed by atoms with Gasteiger partial charge in [-0.1, -0.05) is 66.7 Å². The zero-order valence-electron chi connectivity index (χ0n) is 17.7. The summed E-state index contributed by atoms with van der Waals surface area (Å²) >= 11 is 5.05.